The minimum Gasteiger partial charge on any atom is -0.484 e. The topological polar surface area (TPSA) is 124 Å². The number of hydrogen-bond donors (Lipinski definition) is 4. The molecular weight excluding hydrogens is 600 g/mol. The Hall–Kier alpha value is -4.70. The van der Waals surface area contributed by atoms with E-state index in [1.165, 1.54) is 0 Å². The maximum atomic E-state index is 13.5. The number of fused-ring (bicyclic) bond motifs is 1. The molecule has 1 aliphatic heterocycles. The number of hydrogen-bond acceptors (Lipinski definition) is 6. The van der Waals surface area contributed by atoms with E-state index in [1.807, 2.05) is 61.5 Å². The van der Waals surface area contributed by atoms with E-state index in [0.29, 0.717) is 42.7 Å². The van der Waals surface area contributed by atoms with Crippen molar-refractivity contribution < 1.29 is 9.53 Å². The molecule has 6 rings (SSSR count). The largest absolute Gasteiger partial charge is 0.484 e. The van der Waals surface area contributed by atoms with Crippen LogP contribution in [-0.4, -0.2) is 50.2 Å². The molecule has 0 spiro atoms. The first-order valence-corrected chi connectivity index (χ1v) is 17.1. The minimum atomic E-state index is -0.294. The molecule has 0 bridgehead atoms. The lowest BCUT2D eigenvalue weighted by Gasteiger charge is -2.32. The summed E-state index contributed by atoms with van der Waals surface area (Å²) >= 11 is 0. The van der Waals surface area contributed by atoms with Crippen molar-refractivity contribution in [3.8, 4) is 11.4 Å². The molecule has 1 fully saturated rings. The summed E-state index contributed by atoms with van der Waals surface area (Å²) in [5.41, 5.74) is 5.05. The predicted molar refractivity (Wildman–Crippen MR) is 189 cm³/mol. The number of likely N-dealkylation sites (tertiary alicyclic amines) is 1. The lowest BCUT2D eigenvalue weighted by molar-refractivity contribution is 0.171. The molecule has 3 atom stereocenters. The van der Waals surface area contributed by atoms with Crippen molar-refractivity contribution in [3.63, 3.8) is 0 Å². The van der Waals surface area contributed by atoms with Gasteiger partial charge in [0.05, 0.1) is 23.6 Å². The van der Waals surface area contributed by atoms with Gasteiger partial charge in [0, 0.05) is 23.9 Å². The first kappa shape index (κ1) is 33.2. The highest BCUT2D eigenvalue weighted by molar-refractivity contribution is 5.89. The van der Waals surface area contributed by atoms with Crippen LogP contribution in [0, 0.1) is 17.7 Å². The Morgan fingerprint density at radius 2 is 1.77 bits per heavy atom. The summed E-state index contributed by atoms with van der Waals surface area (Å²) < 4.78 is 9.97. The average Bonchev–Trinajstić information content (AvgIpc) is 3.70. The standard InChI is InChI=1S/C38H48N8O2/c1-6-44-21-9-10-27(44)22-35(40)45-24-28(17-20-34(45)39)48-32-19-18-31(29-11-7-8-12-30(29)32)41-37(47)42-36-23-33(38(3,4)5)43-46(36)26-15-13-25(2)14-16-26/h7-8,11-17,20,23-24,27,31-32,39-40H,6,9-10,18-19,21-22H2,1-5H3,(H2,41,42,47). The molecule has 48 heavy (non-hydrogen) atoms. The van der Waals surface area contributed by atoms with Crippen LogP contribution in [0.5, 0.6) is 5.75 Å². The molecule has 0 saturated carbocycles. The smallest absolute Gasteiger partial charge is 0.320 e. The summed E-state index contributed by atoms with van der Waals surface area (Å²) in [5, 5.41) is 28.4. The SMILES string of the molecule is CCN1CCCC1CC(=N)n1cc(OC2CCC(NC(=O)Nc3cc(C(C)(C)C)nn3-c3ccc(C)cc3)c3ccccc32)ccc1=N. The maximum Gasteiger partial charge on any atom is 0.320 e. The molecule has 0 radical (unpaired) electrons. The molecule has 3 heterocycles. The van der Waals surface area contributed by atoms with E-state index < -0.39 is 0 Å². The molecular formula is C38H48N8O2. The fourth-order valence-electron chi connectivity index (χ4n) is 6.86. The van der Waals surface area contributed by atoms with Crippen molar-refractivity contribution >= 4 is 17.7 Å². The number of nitrogens with one attached hydrogen (secondary N) is 4. The molecule has 4 aromatic rings. The number of carbonyl (C=O) groups is 1. The summed E-state index contributed by atoms with van der Waals surface area (Å²) in [7, 11) is 0. The van der Waals surface area contributed by atoms with Gasteiger partial charge in [-0.1, -0.05) is 69.7 Å². The minimum absolute atomic E-state index is 0.188. The van der Waals surface area contributed by atoms with Crippen LogP contribution in [0.3, 0.4) is 0 Å². The Morgan fingerprint density at radius 1 is 1.02 bits per heavy atom. The van der Waals surface area contributed by atoms with Gasteiger partial charge < -0.3 is 15.0 Å². The zero-order valence-corrected chi connectivity index (χ0v) is 28.7. The van der Waals surface area contributed by atoms with Gasteiger partial charge in [0.15, 0.2) is 0 Å². The molecule has 10 heteroatoms. The number of aromatic nitrogens is 3. The van der Waals surface area contributed by atoms with E-state index in [-0.39, 0.29) is 29.1 Å². The molecule has 2 aromatic carbocycles. The lowest BCUT2D eigenvalue weighted by atomic mass is 9.85. The van der Waals surface area contributed by atoms with E-state index in [0.717, 1.165) is 54.0 Å². The van der Waals surface area contributed by atoms with Crippen LogP contribution in [0.1, 0.15) is 94.3 Å². The van der Waals surface area contributed by atoms with Crippen LogP contribution >= 0.6 is 0 Å². The Morgan fingerprint density at radius 3 is 2.50 bits per heavy atom. The highest BCUT2D eigenvalue weighted by atomic mass is 16.5. The van der Waals surface area contributed by atoms with Gasteiger partial charge in [0.2, 0.25) is 0 Å². The van der Waals surface area contributed by atoms with Crippen molar-refractivity contribution in [3.05, 3.63) is 101 Å². The highest BCUT2D eigenvalue weighted by Crippen LogP contribution is 2.39. The zero-order valence-electron chi connectivity index (χ0n) is 28.7. The van der Waals surface area contributed by atoms with Gasteiger partial charge in [-0.25, -0.2) is 9.48 Å². The second-order valence-electron chi connectivity index (χ2n) is 14.1. The number of urea groups is 1. The van der Waals surface area contributed by atoms with Crippen LogP contribution in [0.4, 0.5) is 10.6 Å². The normalized spacial score (nSPS) is 19.5. The Kier molecular flexibility index (Phi) is 9.55. The van der Waals surface area contributed by atoms with Gasteiger partial charge in [0.1, 0.15) is 29.0 Å². The van der Waals surface area contributed by atoms with E-state index in [9.17, 15) is 4.79 Å². The number of rotatable bonds is 8. The molecule has 252 valence electrons. The van der Waals surface area contributed by atoms with E-state index in [2.05, 4.69) is 49.3 Å². The van der Waals surface area contributed by atoms with Crippen LogP contribution in [0.15, 0.2) is 72.9 Å². The number of amides is 2. The van der Waals surface area contributed by atoms with Gasteiger partial charge >= 0.3 is 6.03 Å². The number of ether oxygens (including phenoxy) is 1. The summed E-state index contributed by atoms with van der Waals surface area (Å²) in [5.74, 6) is 1.64. The number of nitrogens with zero attached hydrogens (tertiary/aromatic N) is 4. The summed E-state index contributed by atoms with van der Waals surface area (Å²) in [6, 6.07) is 21.5. The molecule has 1 saturated heterocycles. The third-order valence-corrected chi connectivity index (χ3v) is 9.56. The third kappa shape index (κ3) is 7.23. The van der Waals surface area contributed by atoms with Crippen molar-refractivity contribution in [2.75, 3.05) is 18.4 Å². The van der Waals surface area contributed by atoms with Gasteiger partial charge in [-0.2, -0.15) is 5.10 Å². The number of carbonyl (C=O) groups excluding carboxylic acids is 1. The fourth-order valence-corrected chi connectivity index (χ4v) is 6.86. The van der Waals surface area contributed by atoms with Crippen LogP contribution in [0.2, 0.25) is 0 Å². The Bertz CT molecular complexity index is 1830. The molecule has 4 N–H and O–H groups in total. The van der Waals surface area contributed by atoms with Crippen molar-refractivity contribution in [2.45, 2.75) is 90.3 Å². The Labute approximate surface area is 283 Å². The van der Waals surface area contributed by atoms with E-state index in [4.69, 9.17) is 20.7 Å². The van der Waals surface area contributed by atoms with Crippen LogP contribution in [0.25, 0.3) is 5.69 Å². The van der Waals surface area contributed by atoms with Gasteiger partial charge in [0.25, 0.3) is 0 Å². The predicted octanol–water partition coefficient (Wildman–Crippen LogP) is 7.24. The first-order valence-electron chi connectivity index (χ1n) is 17.1. The monoisotopic (exact) mass is 648 g/mol. The van der Waals surface area contributed by atoms with Gasteiger partial charge in [-0.15, -0.1) is 0 Å². The van der Waals surface area contributed by atoms with Crippen molar-refractivity contribution in [1.29, 1.82) is 10.8 Å². The summed E-state index contributed by atoms with van der Waals surface area (Å²) in [4.78, 5) is 15.9. The molecule has 10 nitrogen and oxygen atoms in total. The zero-order chi connectivity index (χ0) is 34.0. The van der Waals surface area contributed by atoms with Gasteiger partial charge in [-0.3, -0.25) is 20.7 Å². The number of aryl methyl sites for hydroxylation is 1. The fraction of sp³-hybridized carbons (Fsp3) is 0.421. The second-order valence-corrected chi connectivity index (χ2v) is 14.1. The quantitative estimate of drug-likeness (QED) is 0.119. The average molecular weight is 649 g/mol. The van der Waals surface area contributed by atoms with E-state index >= 15 is 0 Å². The second kappa shape index (κ2) is 13.8. The summed E-state index contributed by atoms with van der Waals surface area (Å²) in [6.45, 7) is 12.6. The van der Waals surface area contributed by atoms with E-state index in [1.54, 1.807) is 21.5 Å². The summed E-state index contributed by atoms with van der Waals surface area (Å²) in [6.07, 6.45) is 5.80. The van der Waals surface area contributed by atoms with Crippen LogP contribution in [-0.2, 0) is 5.41 Å². The van der Waals surface area contributed by atoms with Crippen molar-refractivity contribution in [2.24, 2.45) is 0 Å². The molecule has 2 aromatic heterocycles. The molecule has 3 unspecified atom stereocenters. The number of pyridine rings is 1. The number of anilines is 1. The van der Waals surface area contributed by atoms with Crippen molar-refractivity contribution in [1.82, 2.24) is 24.6 Å². The first-order chi connectivity index (χ1) is 23.0. The third-order valence-electron chi connectivity index (χ3n) is 9.56. The molecule has 2 amide bonds. The van der Waals surface area contributed by atoms with Gasteiger partial charge in [-0.05, 0) is 81.1 Å². The number of benzene rings is 2. The highest BCUT2D eigenvalue weighted by Gasteiger charge is 2.30. The molecule has 2 aliphatic rings. The lowest BCUT2D eigenvalue weighted by Crippen LogP contribution is -2.36. The Balaban J connectivity index is 1.16. The molecule has 1 aliphatic carbocycles. The van der Waals surface area contributed by atoms with Crippen LogP contribution < -0.4 is 20.9 Å². The maximum absolute atomic E-state index is 13.5.